The van der Waals surface area contributed by atoms with Crippen molar-refractivity contribution in [1.29, 1.82) is 0 Å². The number of imidazole rings is 1. The summed E-state index contributed by atoms with van der Waals surface area (Å²) < 4.78 is 0. The second-order valence-corrected chi connectivity index (χ2v) is 3.68. The minimum Gasteiger partial charge on any atom is -0.390 e. The van der Waals surface area contributed by atoms with Crippen LogP contribution in [0.2, 0.25) is 0 Å². The molecule has 1 heterocycles. The van der Waals surface area contributed by atoms with Crippen molar-refractivity contribution in [2.24, 2.45) is 0 Å². The molecule has 0 fully saturated rings. The van der Waals surface area contributed by atoms with Gasteiger partial charge in [-0.1, -0.05) is 23.8 Å². The molecule has 3 nitrogen and oxygen atoms in total. The Bertz CT molecular complexity index is 474. The van der Waals surface area contributed by atoms with Gasteiger partial charge in [-0.25, -0.2) is 4.98 Å². The highest BCUT2D eigenvalue weighted by Gasteiger charge is 2.06. The molecule has 0 aliphatic heterocycles. The van der Waals surface area contributed by atoms with Gasteiger partial charge in [-0.3, -0.25) is 0 Å². The van der Waals surface area contributed by atoms with Crippen LogP contribution in [-0.2, 0) is 6.61 Å². The van der Waals surface area contributed by atoms with Gasteiger partial charge in [0.2, 0.25) is 0 Å². The molecule has 1 aromatic heterocycles. The van der Waals surface area contributed by atoms with Crippen LogP contribution in [0.25, 0.3) is 11.4 Å². The van der Waals surface area contributed by atoms with Crippen LogP contribution < -0.4 is 0 Å². The molecule has 0 bridgehead atoms. The van der Waals surface area contributed by atoms with Crippen molar-refractivity contribution in [3.8, 4) is 11.4 Å². The Morgan fingerprint density at radius 2 is 2.13 bits per heavy atom. The van der Waals surface area contributed by atoms with E-state index in [4.69, 9.17) is 5.11 Å². The number of hydrogen-bond donors (Lipinski definition) is 2. The molecule has 0 aliphatic rings. The molecule has 0 unspecified atom stereocenters. The second kappa shape index (κ2) is 3.87. The number of aryl methyl sites for hydroxylation is 2. The summed E-state index contributed by atoms with van der Waals surface area (Å²) in [4.78, 5) is 7.50. The topological polar surface area (TPSA) is 48.9 Å². The fraction of sp³-hybridized carbons (Fsp3) is 0.250. The van der Waals surface area contributed by atoms with E-state index < -0.39 is 0 Å². The molecule has 0 radical (unpaired) electrons. The average molecular weight is 202 g/mol. The zero-order valence-corrected chi connectivity index (χ0v) is 8.91. The van der Waals surface area contributed by atoms with Gasteiger partial charge in [0.25, 0.3) is 0 Å². The van der Waals surface area contributed by atoms with Crippen molar-refractivity contribution in [2.45, 2.75) is 20.5 Å². The minimum atomic E-state index is -0.0197. The first-order valence-corrected chi connectivity index (χ1v) is 4.94. The molecule has 0 saturated heterocycles. The van der Waals surface area contributed by atoms with Gasteiger partial charge >= 0.3 is 0 Å². The van der Waals surface area contributed by atoms with Crippen LogP contribution >= 0.6 is 0 Å². The predicted octanol–water partition coefficient (Wildman–Crippen LogP) is 2.19. The molecular weight excluding hydrogens is 188 g/mol. The van der Waals surface area contributed by atoms with Crippen molar-refractivity contribution in [3.63, 3.8) is 0 Å². The summed E-state index contributed by atoms with van der Waals surface area (Å²) in [6.45, 7) is 3.94. The van der Waals surface area contributed by atoms with E-state index in [0.717, 1.165) is 17.1 Å². The number of aliphatic hydroxyl groups excluding tert-OH is 1. The van der Waals surface area contributed by atoms with Gasteiger partial charge in [-0.15, -0.1) is 0 Å². The second-order valence-electron chi connectivity index (χ2n) is 3.68. The fourth-order valence-corrected chi connectivity index (χ4v) is 1.58. The highest BCUT2D eigenvalue weighted by Crippen LogP contribution is 2.18. The fourth-order valence-electron chi connectivity index (χ4n) is 1.58. The van der Waals surface area contributed by atoms with Gasteiger partial charge in [-0.2, -0.15) is 0 Å². The van der Waals surface area contributed by atoms with E-state index in [1.807, 2.05) is 32.0 Å². The number of aromatic amines is 1. The third-order valence-electron chi connectivity index (χ3n) is 2.43. The molecule has 0 spiro atoms. The largest absolute Gasteiger partial charge is 0.390 e. The number of hydrogen-bond acceptors (Lipinski definition) is 2. The molecule has 1 aromatic carbocycles. The molecule has 0 saturated carbocycles. The van der Waals surface area contributed by atoms with Gasteiger partial charge in [0, 0.05) is 11.3 Å². The number of H-pyrrole nitrogens is 1. The monoisotopic (exact) mass is 202 g/mol. The average Bonchev–Trinajstić information content (AvgIpc) is 2.60. The smallest absolute Gasteiger partial charge is 0.137 e. The number of aromatic nitrogens is 2. The number of aliphatic hydroxyl groups is 1. The lowest BCUT2D eigenvalue weighted by Gasteiger charge is -1.97. The highest BCUT2D eigenvalue weighted by molar-refractivity contribution is 5.56. The third kappa shape index (κ3) is 1.92. The Balaban J connectivity index is 2.45. The zero-order chi connectivity index (χ0) is 10.8. The molecule has 2 N–H and O–H groups in total. The summed E-state index contributed by atoms with van der Waals surface area (Å²) >= 11 is 0. The number of rotatable bonds is 2. The summed E-state index contributed by atoms with van der Waals surface area (Å²) in [6.07, 6.45) is 0. The Labute approximate surface area is 88.8 Å². The third-order valence-corrected chi connectivity index (χ3v) is 2.43. The van der Waals surface area contributed by atoms with E-state index in [1.165, 1.54) is 5.56 Å². The maximum atomic E-state index is 9.05. The first kappa shape index (κ1) is 9.93. The minimum absolute atomic E-state index is 0.0197. The Morgan fingerprint density at radius 1 is 1.33 bits per heavy atom. The molecule has 3 heteroatoms. The van der Waals surface area contributed by atoms with E-state index in [9.17, 15) is 0 Å². The summed E-state index contributed by atoms with van der Waals surface area (Å²) in [6, 6.07) is 8.12. The van der Waals surface area contributed by atoms with E-state index in [-0.39, 0.29) is 6.61 Å². The molecular formula is C12H14N2O. The van der Waals surface area contributed by atoms with Crippen LogP contribution in [0, 0.1) is 13.8 Å². The SMILES string of the molecule is Cc1cccc(-c2nc(CO)c(C)[nH]2)c1. The van der Waals surface area contributed by atoms with Gasteiger partial charge in [-0.05, 0) is 19.9 Å². The summed E-state index contributed by atoms with van der Waals surface area (Å²) in [5.74, 6) is 0.820. The molecule has 0 aliphatic carbocycles. The Kier molecular flexibility index (Phi) is 2.56. The highest BCUT2D eigenvalue weighted by atomic mass is 16.3. The molecule has 0 amide bonds. The molecule has 15 heavy (non-hydrogen) atoms. The van der Waals surface area contributed by atoms with Gasteiger partial charge in [0.05, 0.1) is 12.3 Å². The van der Waals surface area contributed by atoms with E-state index in [1.54, 1.807) is 0 Å². The van der Waals surface area contributed by atoms with Crippen molar-refractivity contribution in [1.82, 2.24) is 9.97 Å². The van der Waals surface area contributed by atoms with Crippen LogP contribution in [0.3, 0.4) is 0 Å². The first-order valence-electron chi connectivity index (χ1n) is 4.94. The maximum Gasteiger partial charge on any atom is 0.137 e. The zero-order valence-electron chi connectivity index (χ0n) is 8.91. The lowest BCUT2D eigenvalue weighted by Crippen LogP contribution is -1.85. The van der Waals surface area contributed by atoms with Crippen molar-refractivity contribution < 1.29 is 5.11 Å². The Morgan fingerprint density at radius 3 is 2.73 bits per heavy atom. The maximum absolute atomic E-state index is 9.05. The van der Waals surface area contributed by atoms with Gasteiger partial charge < -0.3 is 10.1 Å². The normalized spacial score (nSPS) is 10.6. The van der Waals surface area contributed by atoms with Gasteiger partial charge in [0.15, 0.2) is 0 Å². The number of nitrogens with zero attached hydrogens (tertiary/aromatic N) is 1. The van der Waals surface area contributed by atoms with Crippen LogP contribution in [0.1, 0.15) is 17.0 Å². The number of benzene rings is 1. The Hall–Kier alpha value is -1.61. The van der Waals surface area contributed by atoms with Crippen LogP contribution in [-0.4, -0.2) is 15.1 Å². The van der Waals surface area contributed by atoms with Crippen LogP contribution in [0.15, 0.2) is 24.3 Å². The number of nitrogens with one attached hydrogen (secondary N) is 1. The van der Waals surface area contributed by atoms with Crippen LogP contribution in [0.4, 0.5) is 0 Å². The summed E-state index contributed by atoms with van der Waals surface area (Å²) in [7, 11) is 0. The van der Waals surface area contributed by atoms with E-state index in [2.05, 4.69) is 16.0 Å². The van der Waals surface area contributed by atoms with E-state index >= 15 is 0 Å². The summed E-state index contributed by atoms with van der Waals surface area (Å²) in [5, 5.41) is 9.05. The molecule has 0 atom stereocenters. The lowest BCUT2D eigenvalue weighted by atomic mass is 10.1. The standard InChI is InChI=1S/C12H14N2O/c1-8-4-3-5-10(6-8)12-13-9(2)11(7-15)14-12/h3-6,15H,7H2,1-2H3,(H,13,14). The lowest BCUT2D eigenvalue weighted by molar-refractivity contribution is 0.276. The van der Waals surface area contributed by atoms with Crippen molar-refractivity contribution >= 4 is 0 Å². The quantitative estimate of drug-likeness (QED) is 0.784. The summed E-state index contributed by atoms with van der Waals surface area (Å²) in [5.41, 5.74) is 3.89. The molecule has 2 rings (SSSR count). The predicted molar refractivity (Wildman–Crippen MR) is 59.4 cm³/mol. The molecule has 2 aromatic rings. The van der Waals surface area contributed by atoms with E-state index in [0.29, 0.717) is 5.69 Å². The van der Waals surface area contributed by atoms with Crippen LogP contribution in [0.5, 0.6) is 0 Å². The molecule has 78 valence electrons. The van der Waals surface area contributed by atoms with Crippen molar-refractivity contribution in [2.75, 3.05) is 0 Å². The first-order chi connectivity index (χ1) is 7.20. The van der Waals surface area contributed by atoms with Crippen molar-refractivity contribution in [3.05, 3.63) is 41.2 Å². The van der Waals surface area contributed by atoms with Gasteiger partial charge in [0.1, 0.15) is 5.82 Å².